The smallest absolute Gasteiger partial charge is 0.316 e. The molecule has 1 heterocycles. The molecule has 6 nitrogen and oxygen atoms in total. The third-order valence-corrected chi connectivity index (χ3v) is 3.29. The minimum absolute atomic E-state index is 0.00452. The molecule has 1 aromatic heterocycles. The van der Waals surface area contributed by atoms with E-state index < -0.39 is 16.4 Å². The second kappa shape index (κ2) is 4.46. The third kappa shape index (κ3) is 1.84. The van der Waals surface area contributed by atoms with Gasteiger partial charge in [-0.3, -0.25) is 4.79 Å². The van der Waals surface area contributed by atoms with E-state index in [1.807, 2.05) is 0 Å². The topological polar surface area (TPSA) is 103 Å². The summed E-state index contributed by atoms with van der Waals surface area (Å²) in [7, 11) is -2.67. The summed E-state index contributed by atoms with van der Waals surface area (Å²) in [5.74, 6) is -0.758. The normalized spacial score (nSPS) is 10.8. The summed E-state index contributed by atoms with van der Waals surface area (Å²) in [5, 5.41) is 1.16. The van der Waals surface area contributed by atoms with Crippen molar-refractivity contribution in [3.63, 3.8) is 0 Å². The summed E-state index contributed by atoms with van der Waals surface area (Å²) < 4.78 is 30.5. The number of carbonyl (C=O) groups excluding carboxylic acids is 1. The molecule has 3 rings (SSSR count). The van der Waals surface area contributed by atoms with Crippen LogP contribution in [0.2, 0.25) is 0 Å². The van der Waals surface area contributed by atoms with Gasteiger partial charge in [-0.15, -0.1) is 4.36 Å². The lowest BCUT2D eigenvalue weighted by atomic mass is 10.0. The molecular weight excluding hydrogens is 280 g/mol. The van der Waals surface area contributed by atoms with E-state index in [0.717, 1.165) is 0 Å². The van der Waals surface area contributed by atoms with Gasteiger partial charge in [0.15, 0.2) is 0 Å². The molecule has 0 atom stereocenters. The van der Waals surface area contributed by atoms with E-state index >= 15 is 0 Å². The molecule has 0 fully saturated rings. The van der Waals surface area contributed by atoms with E-state index in [4.69, 9.17) is 10.2 Å². The Balaban J connectivity index is 2.57. The number of furan rings is 1. The number of hydrogen-bond donors (Lipinski definition) is 1. The van der Waals surface area contributed by atoms with Gasteiger partial charge < -0.3 is 10.2 Å². The van der Waals surface area contributed by atoms with E-state index in [0.29, 0.717) is 21.9 Å². The molecule has 0 aliphatic carbocycles. The van der Waals surface area contributed by atoms with Crippen LogP contribution in [0.5, 0.6) is 0 Å². The van der Waals surface area contributed by atoms with Crippen molar-refractivity contribution >= 4 is 44.0 Å². The Labute approximate surface area is 114 Å². The Morgan fingerprint density at radius 1 is 1.10 bits per heavy atom. The highest BCUT2D eigenvalue weighted by molar-refractivity contribution is 7.61. The summed E-state index contributed by atoms with van der Waals surface area (Å²) in [6.45, 7) is 0. The van der Waals surface area contributed by atoms with Crippen molar-refractivity contribution in [1.82, 2.24) is 0 Å². The third-order valence-electron chi connectivity index (χ3n) is 2.94. The highest BCUT2D eigenvalue weighted by Crippen LogP contribution is 2.35. The SMILES string of the molecule is NC(=O)c1c(N=S(=O)=O)ccc2oc3ccccc3c12. The van der Waals surface area contributed by atoms with Gasteiger partial charge in [-0.25, -0.2) is 0 Å². The second-order valence-corrected chi connectivity index (χ2v) is 4.72. The monoisotopic (exact) mass is 288 g/mol. The fraction of sp³-hybridized carbons (Fsp3) is 0. The number of fused-ring (bicyclic) bond motifs is 3. The maximum absolute atomic E-state index is 11.7. The molecule has 20 heavy (non-hydrogen) atoms. The number of nitrogens with zero attached hydrogens (tertiary/aromatic N) is 1. The van der Waals surface area contributed by atoms with Crippen LogP contribution in [0.1, 0.15) is 10.4 Å². The molecule has 0 aliphatic rings. The first-order valence-corrected chi connectivity index (χ1v) is 6.66. The standard InChI is InChI=1S/C13H8N2O4S/c14-13(16)12-8(15-20(17)18)5-6-10-11(12)7-3-1-2-4-9(7)19-10/h1-6H,(H2,14,16). The number of carbonyl (C=O) groups is 1. The first kappa shape index (κ1) is 12.4. The van der Waals surface area contributed by atoms with Crippen molar-refractivity contribution in [3.05, 3.63) is 42.0 Å². The van der Waals surface area contributed by atoms with Crippen molar-refractivity contribution in [2.45, 2.75) is 0 Å². The Hall–Kier alpha value is -2.67. The first-order chi connectivity index (χ1) is 9.58. The summed E-state index contributed by atoms with van der Waals surface area (Å²) in [4.78, 5) is 11.7. The average molecular weight is 288 g/mol. The number of nitrogens with two attached hydrogens (primary N) is 1. The zero-order valence-electron chi connectivity index (χ0n) is 10.0. The maximum atomic E-state index is 11.7. The average Bonchev–Trinajstić information content (AvgIpc) is 2.76. The first-order valence-electron chi connectivity index (χ1n) is 5.63. The molecule has 0 saturated heterocycles. The van der Waals surface area contributed by atoms with Crippen LogP contribution in [0.3, 0.4) is 0 Å². The predicted molar refractivity (Wildman–Crippen MR) is 73.2 cm³/mol. The highest BCUT2D eigenvalue weighted by Gasteiger charge is 2.18. The molecule has 7 heteroatoms. The highest BCUT2D eigenvalue weighted by atomic mass is 32.2. The second-order valence-electron chi connectivity index (χ2n) is 4.10. The number of rotatable bonds is 2. The van der Waals surface area contributed by atoms with Crippen LogP contribution in [0.4, 0.5) is 5.69 Å². The van der Waals surface area contributed by atoms with Crippen LogP contribution in [0.25, 0.3) is 21.9 Å². The van der Waals surface area contributed by atoms with Crippen molar-refractivity contribution in [1.29, 1.82) is 0 Å². The van der Waals surface area contributed by atoms with Crippen molar-refractivity contribution in [2.75, 3.05) is 0 Å². The van der Waals surface area contributed by atoms with E-state index in [1.54, 1.807) is 30.3 Å². The van der Waals surface area contributed by atoms with Gasteiger partial charge in [-0.2, -0.15) is 8.42 Å². The summed E-state index contributed by atoms with van der Waals surface area (Å²) in [6.07, 6.45) is 0. The number of hydrogen-bond acceptors (Lipinski definition) is 5. The van der Waals surface area contributed by atoms with Gasteiger partial charge in [-0.1, -0.05) is 18.2 Å². The fourth-order valence-corrected chi connectivity index (χ4v) is 2.52. The zero-order valence-corrected chi connectivity index (χ0v) is 10.8. The van der Waals surface area contributed by atoms with Crippen molar-refractivity contribution in [3.8, 4) is 0 Å². The predicted octanol–water partition coefficient (Wildman–Crippen LogP) is 2.38. The van der Waals surface area contributed by atoms with E-state index in [9.17, 15) is 13.2 Å². The van der Waals surface area contributed by atoms with Crippen LogP contribution in [-0.2, 0) is 10.5 Å². The molecule has 0 saturated carbocycles. The van der Waals surface area contributed by atoms with Crippen LogP contribution in [0.15, 0.2) is 45.2 Å². The van der Waals surface area contributed by atoms with Gasteiger partial charge in [0.25, 0.3) is 5.91 Å². The molecule has 0 bridgehead atoms. The zero-order chi connectivity index (χ0) is 14.3. The Morgan fingerprint density at radius 2 is 1.85 bits per heavy atom. The van der Waals surface area contributed by atoms with Crippen LogP contribution in [0, 0.1) is 0 Å². The molecule has 3 aromatic rings. The lowest BCUT2D eigenvalue weighted by molar-refractivity contribution is 0.100. The van der Waals surface area contributed by atoms with Crippen LogP contribution < -0.4 is 5.73 Å². The van der Waals surface area contributed by atoms with Crippen molar-refractivity contribution in [2.24, 2.45) is 10.1 Å². The molecule has 100 valence electrons. The van der Waals surface area contributed by atoms with E-state index in [2.05, 4.69) is 4.36 Å². The quantitative estimate of drug-likeness (QED) is 0.781. The molecule has 1 amide bonds. The lowest BCUT2D eigenvalue weighted by Crippen LogP contribution is -2.11. The molecule has 0 aliphatic heterocycles. The van der Waals surface area contributed by atoms with Gasteiger partial charge >= 0.3 is 10.5 Å². The largest absolute Gasteiger partial charge is 0.456 e. The van der Waals surface area contributed by atoms with Gasteiger partial charge in [-0.05, 0) is 18.2 Å². The lowest BCUT2D eigenvalue weighted by Gasteiger charge is -2.01. The Bertz CT molecular complexity index is 978. The molecule has 2 N–H and O–H groups in total. The fourth-order valence-electron chi connectivity index (χ4n) is 2.21. The maximum Gasteiger partial charge on any atom is 0.316 e. The molecule has 0 radical (unpaired) electrons. The molecule has 2 aromatic carbocycles. The summed E-state index contributed by atoms with van der Waals surface area (Å²) in [6, 6.07) is 10.1. The number of para-hydroxylation sites is 1. The van der Waals surface area contributed by atoms with Gasteiger partial charge in [0.2, 0.25) is 0 Å². The number of primary amides is 1. The minimum atomic E-state index is -2.67. The molecule has 0 unspecified atom stereocenters. The van der Waals surface area contributed by atoms with Crippen LogP contribution >= 0.6 is 0 Å². The Kier molecular flexibility index (Phi) is 2.76. The minimum Gasteiger partial charge on any atom is -0.456 e. The van der Waals surface area contributed by atoms with Crippen molar-refractivity contribution < 1.29 is 17.6 Å². The molecule has 0 spiro atoms. The number of amides is 1. The van der Waals surface area contributed by atoms with Gasteiger partial charge in [0.1, 0.15) is 11.2 Å². The molecular formula is C13H8N2O4S. The van der Waals surface area contributed by atoms with Gasteiger partial charge in [0, 0.05) is 10.8 Å². The van der Waals surface area contributed by atoms with Crippen LogP contribution in [-0.4, -0.2) is 14.3 Å². The summed E-state index contributed by atoms with van der Waals surface area (Å²) >= 11 is 0. The summed E-state index contributed by atoms with van der Waals surface area (Å²) in [5.41, 5.74) is 6.45. The van der Waals surface area contributed by atoms with E-state index in [-0.39, 0.29) is 11.3 Å². The number of benzene rings is 2. The Morgan fingerprint density at radius 3 is 2.55 bits per heavy atom. The van der Waals surface area contributed by atoms with E-state index in [1.165, 1.54) is 6.07 Å². The van der Waals surface area contributed by atoms with Gasteiger partial charge in [0.05, 0.1) is 11.3 Å².